The van der Waals surface area contributed by atoms with Crippen LogP contribution in [0.25, 0.3) is 11.0 Å². The molecule has 0 saturated carbocycles. The molecule has 0 radical (unpaired) electrons. The molecule has 1 amide bonds. The summed E-state index contributed by atoms with van der Waals surface area (Å²) in [6, 6.07) is 8.80. The molecule has 0 spiro atoms. The van der Waals surface area contributed by atoms with E-state index in [4.69, 9.17) is 0 Å². The molecule has 0 N–H and O–H groups in total. The van der Waals surface area contributed by atoms with E-state index in [0.717, 1.165) is 4.57 Å². The van der Waals surface area contributed by atoms with Gasteiger partial charge in [0.25, 0.3) is 11.5 Å². The molecule has 29 heavy (non-hydrogen) atoms. The molecule has 10 heteroatoms. The number of benzene rings is 1. The van der Waals surface area contributed by atoms with Gasteiger partial charge in [-0.3, -0.25) is 18.7 Å². The highest BCUT2D eigenvalue weighted by atomic mass is 19.3. The van der Waals surface area contributed by atoms with Crippen LogP contribution in [-0.4, -0.2) is 38.6 Å². The minimum absolute atomic E-state index is 0.0245. The molecule has 0 aliphatic rings. The van der Waals surface area contributed by atoms with Crippen molar-refractivity contribution < 1.29 is 18.3 Å². The van der Waals surface area contributed by atoms with Crippen LogP contribution in [0.4, 0.5) is 8.78 Å². The minimum Gasteiger partial charge on any atom is -0.435 e. The minimum atomic E-state index is -2.91. The summed E-state index contributed by atoms with van der Waals surface area (Å²) in [5, 5.41) is 0.225. The third-order valence-electron chi connectivity index (χ3n) is 4.44. The Balaban J connectivity index is 1.85. The first-order valence-corrected chi connectivity index (χ1v) is 8.55. The number of fused-ring (bicyclic) bond motifs is 1. The van der Waals surface area contributed by atoms with Gasteiger partial charge >= 0.3 is 12.3 Å². The molecule has 152 valence electrons. The van der Waals surface area contributed by atoms with Gasteiger partial charge in [-0.2, -0.15) is 8.78 Å². The lowest BCUT2D eigenvalue weighted by Crippen LogP contribution is -2.37. The van der Waals surface area contributed by atoms with Gasteiger partial charge in [-0.1, -0.05) is 12.1 Å². The van der Waals surface area contributed by atoms with Crippen molar-refractivity contribution in [3.8, 4) is 5.75 Å². The first-order valence-electron chi connectivity index (χ1n) is 8.55. The average molecular weight is 404 g/mol. The number of aryl methyl sites for hydroxylation is 1. The number of amides is 1. The molecule has 3 aromatic rings. The highest BCUT2D eigenvalue weighted by molar-refractivity contribution is 5.94. The molecule has 2 heterocycles. The summed E-state index contributed by atoms with van der Waals surface area (Å²) in [5.41, 5.74) is -0.149. The molecule has 0 atom stereocenters. The lowest BCUT2D eigenvalue weighted by molar-refractivity contribution is -0.0498. The Morgan fingerprint density at radius 2 is 1.76 bits per heavy atom. The Labute approximate surface area is 163 Å². The van der Waals surface area contributed by atoms with Crippen molar-refractivity contribution in [2.45, 2.75) is 13.2 Å². The van der Waals surface area contributed by atoms with E-state index < -0.39 is 23.8 Å². The summed E-state index contributed by atoms with van der Waals surface area (Å²) in [5.74, 6) is -0.399. The second-order valence-electron chi connectivity index (χ2n) is 6.46. The molecule has 0 unspecified atom stereocenters. The van der Waals surface area contributed by atoms with Crippen LogP contribution in [0.2, 0.25) is 0 Å². The molecule has 3 rings (SSSR count). The van der Waals surface area contributed by atoms with Gasteiger partial charge in [-0.15, -0.1) is 0 Å². The van der Waals surface area contributed by atoms with E-state index >= 15 is 0 Å². The molecule has 2 aromatic heterocycles. The van der Waals surface area contributed by atoms with Crippen LogP contribution in [0.15, 0.2) is 46.0 Å². The van der Waals surface area contributed by atoms with E-state index in [1.54, 1.807) is 19.2 Å². The SMILES string of the molecule is CN(Cc1ccc(OC(F)F)cc1)C(=O)c1ccc2c(=O)n(C)c(=O)n(C)c2n1. The van der Waals surface area contributed by atoms with E-state index in [1.165, 1.54) is 47.8 Å². The van der Waals surface area contributed by atoms with Gasteiger partial charge in [-0.25, -0.2) is 9.78 Å². The number of ether oxygens (including phenoxy) is 1. The quantitative estimate of drug-likeness (QED) is 0.643. The predicted molar refractivity (Wildman–Crippen MR) is 101 cm³/mol. The van der Waals surface area contributed by atoms with Crippen molar-refractivity contribution in [2.24, 2.45) is 14.1 Å². The number of carbonyl (C=O) groups excluding carboxylic acids is 1. The van der Waals surface area contributed by atoms with Crippen LogP contribution >= 0.6 is 0 Å². The van der Waals surface area contributed by atoms with Crippen LogP contribution in [-0.2, 0) is 20.6 Å². The Morgan fingerprint density at radius 3 is 2.38 bits per heavy atom. The maximum absolute atomic E-state index is 12.7. The average Bonchev–Trinajstić information content (AvgIpc) is 2.70. The zero-order chi connectivity index (χ0) is 21.3. The van der Waals surface area contributed by atoms with Gasteiger partial charge in [0, 0.05) is 27.7 Å². The van der Waals surface area contributed by atoms with Crippen LogP contribution in [0.3, 0.4) is 0 Å². The number of aromatic nitrogens is 3. The van der Waals surface area contributed by atoms with Gasteiger partial charge in [0.15, 0.2) is 0 Å². The van der Waals surface area contributed by atoms with Crippen LogP contribution in [0, 0.1) is 0 Å². The molecule has 8 nitrogen and oxygen atoms in total. The largest absolute Gasteiger partial charge is 0.435 e. The molecule has 0 aliphatic carbocycles. The Kier molecular flexibility index (Phi) is 5.44. The fourth-order valence-corrected chi connectivity index (χ4v) is 2.89. The number of hydrogen-bond acceptors (Lipinski definition) is 5. The number of pyridine rings is 1. The maximum atomic E-state index is 12.7. The third-order valence-corrected chi connectivity index (χ3v) is 4.44. The number of hydrogen-bond donors (Lipinski definition) is 0. The van der Waals surface area contributed by atoms with E-state index in [1.807, 2.05) is 0 Å². The molecule has 0 aliphatic heterocycles. The summed E-state index contributed by atoms with van der Waals surface area (Å²) in [6.07, 6.45) is 0. The Bertz CT molecular complexity index is 1190. The Hall–Kier alpha value is -3.56. The zero-order valence-electron chi connectivity index (χ0n) is 15.9. The van der Waals surface area contributed by atoms with Crippen molar-refractivity contribution >= 4 is 16.9 Å². The molecule has 0 saturated heterocycles. The topological polar surface area (TPSA) is 86.4 Å². The molecular weight excluding hydrogens is 386 g/mol. The van der Waals surface area contributed by atoms with Gasteiger partial charge in [0.05, 0.1) is 5.39 Å². The maximum Gasteiger partial charge on any atom is 0.387 e. The summed E-state index contributed by atoms with van der Waals surface area (Å²) in [7, 11) is 4.40. The smallest absolute Gasteiger partial charge is 0.387 e. The first kappa shape index (κ1) is 20.2. The van der Waals surface area contributed by atoms with Gasteiger partial charge in [0.1, 0.15) is 17.1 Å². The highest BCUT2D eigenvalue weighted by Gasteiger charge is 2.17. The second-order valence-corrected chi connectivity index (χ2v) is 6.46. The normalized spacial score (nSPS) is 11.1. The van der Waals surface area contributed by atoms with Crippen molar-refractivity contribution in [2.75, 3.05) is 7.05 Å². The second kappa shape index (κ2) is 7.82. The number of carbonyl (C=O) groups is 1. The van der Waals surface area contributed by atoms with Crippen molar-refractivity contribution in [3.63, 3.8) is 0 Å². The summed E-state index contributed by atoms with van der Waals surface area (Å²) in [6.45, 7) is -2.71. The number of alkyl halides is 2. The molecular formula is C19H18F2N4O4. The summed E-state index contributed by atoms with van der Waals surface area (Å²) < 4.78 is 30.9. The van der Waals surface area contributed by atoms with Crippen LogP contribution < -0.4 is 16.0 Å². The number of halogens is 2. The fraction of sp³-hybridized carbons (Fsp3) is 0.263. The van der Waals surface area contributed by atoms with Gasteiger partial charge < -0.3 is 9.64 Å². The van der Waals surface area contributed by atoms with E-state index in [0.29, 0.717) is 5.56 Å². The number of rotatable bonds is 5. The van der Waals surface area contributed by atoms with Crippen molar-refractivity contribution in [1.82, 2.24) is 19.0 Å². The zero-order valence-corrected chi connectivity index (χ0v) is 15.9. The lowest BCUT2D eigenvalue weighted by Gasteiger charge is -2.17. The highest BCUT2D eigenvalue weighted by Crippen LogP contribution is 2.16. The van der Waals surface area contributed by atoms with Gasteiger partial charge in [0.2, 0.25) is 0 Å². The van der Waals surface area contributed by atoms with Gasteiger partial charge in [-0.05, 0) is 29.8 Å². The third kappa shape index (κ3) is 4.00. The van der Waals surface area contributed by atoms with Crippen molar-refractivity contribution in [3.05, 3.63) is 68.5 Å². The van der Waals surface area contributed by atoms with Crippen LogP contribution in [0.5, 0.6) is 5.75 Å². The van der Waals surface area contributed by atoms with E-state index in [9.17, 15) is 23.2 Å². The molecule has 0 bridgehead atoms. The molecule has 0 fully saturated rings. The Morgan fingerprint density at radius 1 is 1.10 bits per heavy atom. The summed E-state index contributed by atoms with van der Waals surface area (Å²) >= 11 is 0. The predicted octanol–water partition coefficient (Wildman–Crippen LogP) is 1.51. The standard InChI is InChI=1S/C19H18F2N4O4/c1-23(10-11-4-6-12(7-5-11)29-18(20)21)17(27)14-9-8-13-15(22-14)24(2)19(28)25(3)16(13)26/h4-9,18H,10H2,1-3H3. The lowest BCUT2D eigenvalue weighted by atomic mass is 10.2. The molecule has 1 aromatic carbocycles. The number of nitrogens with zero attached hydrogens (tertiary/aromatic N) is 4. The summed E-state index contributed by atoms with van der Waals surface area (Å²) in [4.78, 5) is 42.6. The van der Waals surface area contributed by atoms with Crippen LogP contribution in [0.1, 0.15) is 16.1 Å². The first-order chi connectivity index (χ1) is 13.7. The van der Waals surface area contributed by atoms with Crippen molar-refractivity contribution in [1.29, 1.82) is 0 Å². The monoisotopic (exact) mass is 404 g/mol. The van der Waals surface area contributed by atoms with E-state index in [2.05, 4.69) is 9.72 Å². The fourth-order valence-electron chi connectivity index (χ4n) is 2.89. The van der Waals surface area contributed by atoms with E-state index in [-0.39, 0.29) is 29.0 Å².